The number of hydrogen-bond acceptors (Lipinski definition) is 2. The Morgan fingerprint density at radius 3 is 2.12 bits per heavy atom. The molecule has 1 atom stereocenters. The predicted octanol–water partition coefficient (Wildman–Crippen LogP) is 4.66. The fraction of sp³-hybridized carbons (Fsp3) is 0.174. The zero-order valence-electron chi connectivity index (χ0n) is 15.1. The molecule has 0 heterocycles. The SMILES string of the molecule is COCc1ccc(C(=O)N[C@@H](c2ccccc2)c2ccc(C)cc2)cc1. The standard InChI is InChI=1S/C23H23NO2/c1-17-8-12-20(13-9-17)22(19-6-4-3-5-7-19)24-23(25)21-14-10-18(11-15-21)16-26-2/h3-15,22H,16H2,1-2H3,(H,24,25)/t22-/m0/s1. The van der Waals surface area contributed by atoms with Gasteiger partial charge >= 0.3 is 0 Å². The predicted molar refractivity (Wildman–Crippen MR) is 104 cm³/mol. The van der Waals surface area contributed by atoms with Crippen molar-refractivity contribution in [1.82, 2.24) is 5.32 Å². The lowest BCUT2D eigenvalue weighted by Crippen LogP contribution is -2.29. The largest absolute Gasteiger partial charge is 0.380 e. The number of aryl methyl sites for hydroxylation is 1. The Morgan fingerprint density at radius 2 is 1.50 bits per heavy atom. The molecule has 0 saturated carbocycles. The monoisotopic (exact) mass is 345 g/mol. The van der Waals surface area contributed by atoms with Crippen molar-refractivity contribution in [2.75, 3.05) is 7.11 Å². The molecule has 132 valence electrons. The van der Waals surface area contributed by atoms with E-state index in [2.05, 4.69) is 36.5 Å². The molecule has 0 aromatic heterocycles. The number of ether oxygens (including phenoxy) is 1. The van der Waals surface area contributed by atoms with Gasteiger partial charge in [-0.2, -0.15) is 0 Å². The molecule has 0 radical (unpaired) electrons. The molecule has 1 N–H and O–H groups in total. The molecule has 0 aliphatic rings. The second kappa shape index (κ2) is 8.45. The van der Waals surface area contributed by atoms with Gasteiger partial charge in [0.25, 0.3) is 5.91 Å². The Morgan fingerprint density at radius 1 is 0.885 bits per heavy atom. The maximum Gasteiger partial charge on any atom is 0.252 e. The summed E-state index contributed by atoms with van der Waals surface area (Å²) in [6.45, 7) is 2.60. The van der Waals surface area contributed by atoms with Crippen LogP contribution in [0.4, 0.5) is 0 Å². The van der Waals surface area contributed by atoms with Crippen LogP contribution in [0.2, 0.25) is 0 Å². The molecule has 0 aliphatic heterocycles. The topological polar surface area (TPSA) is 38.3 Å². The van der Waals surface area contributed by atoms with Gasteiger partial charge in [-0.3, -0.25) is 4.79 Å². The number of hydrogen-bond donors (Lipinski definition) is 1. The van der Waals surface area contributed by atoms with Crippen molar-refractivity contribution in [2.24, 2.45) is 0 Å². The minimum Gasteiger partial charge on any atom is -0.380 e. The third kappa shape index (κ3) is 4.38. The average molecular weight is 345 g/mol. The summed E-state index contributed by atoms with van der Waals surface area (Å²) >= 11 is 0. The van der Waals surface area contributed by atoms with E-state index in [1.807, 2.05) is 54.6 Å². The number of benzene rings is 3. The lowest BCUT2D eigenvalue weighted by atomic mass is 9.97. The number of rotatable bonds is 6. The van der Waals surface area contributed by atoms with Crippen LogP contribution in [0.25, 0.3) is 0 Å². The van der Waals surface area contributed by atoms with E-state index >= 15 is 0 Å². The van der Waals surface area contributed by atoms with Crippen LogP contribution in [-0.4, -0.2) is 13.0 Å². The van der Waals surface area contributed by atoms with E-state index in [9.17, 15) is 4.79 Å². The summed E-state index contributed by atoms with van der Waals surface area (Å²) in [5, 5.41) is 3.17. The quantitative estimate of drug-likeness (QED) is 0.705. The van der Waals surface area contributed by atoms with Crippen LogP contribution in [0.1, 0.15) is 38.7 Å². The Hall–Kier alpha value is -2.91. The summed E-state index contributed by atoms with van der Waals surface area (Å²) < 4.78 is 5.12. The van der Waals surface area contributed by atoms with Gasteiger partial charge in [-0.1, -0.05) is 72.3 Å². The number of carbonyl (C=O) groups excluding carboxylic acids is 1. The Kier molecular flexibility index (Phi) is 5.82. The summed E-state index contributed by atoms with van der Waals surface area (Å²) in [5.41, 5.74) is 4.99. The highest BCUT2D eigenvalue weighted by molar-refractivity contribution is 5.94. The lowest BCUT2D eigenvalue weighted by molar-refractivity contribution is 0.0943. The molecule has 3 rings (SSSR count). The minimum absolute atomic E-state index is 0.0941. The molecule has 0 saturated heterocycles. The fourth-order valence-corrected chi connectivity index (χ4v) is 2.90. The highest BCUT2D eigenvalue weighted by atomic mass is 16.5. The first kappa shape index (κ1) is 17.9. The van der Waals surface area contributed by atoms with Gasteiger partial charge in [-0.05, 0) is 35.7 Å². The van der Waals surface area contributed by atoms with Gasteiger partial charge in [0.2, 0.25) is 0 Å². The van der Waals surface area contributed by atoms with E-state index in [1.54, 1.807) is 7.11 Å². The van der Waals surface area contributed by atoms with Crippen molar-refractivity contribution in [2.45, 2.75) is 19.6 Å². The second-order valence-corrected chi connectivity index (χ2v) is 6.36. The Bertz CT molecular complexity index is 840. The molecular formula is C23H23NO2. The number of nitrogens with one attached hydrogen (secondary N) is 1. The second-order valence-electron chi connectivity index (χ2n) is 6.36. The molecule has 3 nitrogen and oxygen atoms in total. The van der Waals surface area contributed by atoms with Crippen molar-refractivity contribution in [3.8, 4) is 0 Å². The molecule has 0 spiro atoms. The van der Waals surface area contributed by atoms with Crippen molar-refractivity contribution in [3.63, 3.8) is 0 Å². The van der Waals surface area contributed by atoms with Gasteiger partial charge in [0.05, 0.1) is 12.6 Å². The van der Waals surface area contributed by atoms with E-state index in [4.69, 9.17) is 4.74 Å². The molecule has 3 heteroatoms. The molecule has 0 unspecified atom stereocenters. The minimum atomic E-state index is -0.192. The third-order valence-corrected chi connectivity index (χ3v) is 4.35. The molecule has 0 bridgehead atoms. The van der Waals surface area contributed by atoms with Crippen LogP contribution in [0.3, 0.4) is 0 Å². The van der Waals surface area contributed by atoms with Gasteiger partial charge in [-0.15, -0.1) is 0 Å². The van der Waals surface area contributed by atoms with Gasteiger partial charge in [-0.25, -0.2) is 0 Å². The van der Waals surface area contributed by atoms with Crippen molar-refractivity contribution >= 4 is 5.91 Å². The smallest absolute Gasteiger partial charge is 0.252 e. The summed E-state index contributed by atoms with van der Waals surface area (Å²) in [5.74, 6) is -0.0941. The summed E-state index contributed by atoms with van der Waals surface area (Å²) in [6.07, 6.45) is 0. The van der Waals surface area contributed by atoms with Gasteiger partial charge < -0.3 is 10.1 Å². The van der Waals surface area contributed by atoms with E-state index < -0.39 is 0 Å². The van der Waals surface area contributed by atoms with Crippen molar-refractivity contribution < 1.29 is 9.53 Å². The third-order valence-electron chi connectivity index (χ3n) is 4.35. The van der Waals surface area contributed by atoms with Gasteiger partial charge in [0.1, 0.15) is 0 Å². The molecule has 0 fully saturated rings. The lowest BCUT2D eigenvalue weighted by Gasteiger charge is -2.20. The number of amides is 1. The first-order valence-electron chi connectivity index (χ1n) is 8.67. The zero-order chi connectivity index (χ0) is 18.4. The maximum atomic E-state index is 12.8. The first-order valence-corrected chi connectivity index (χ1v) is 8.67. The maximum absolute atomic E-state index is 12.8. The van der Waals surface area contributed by atoms with Crippen LogP contribution in [0.5, 0.6) is 0 Å². The van der Waals surface area contributed by atoms with Crippen LogP contribution < -0.4 is 5.32 Å². The molecule has 3 aromatic rings. The average Bonchev–Trinajstić information content (AvgIpc) is 2.68. The van der Waals surface area contributed by atoms with E-state index in [1.165, 1.54) is 5.56 Å². The summed E-state index contributed by atoms with van der Waals surface area (Å²) in [4.78, 5) is 12.8. The van der Waals surface area contributed by atoms with E-state index in [-0.39, 0.29) is 11.9 Å². The van der Waals surface area contributed by atoms with Gasteiger partial charge in [0, 0.05) is 12.7 Å². The Labute approximate surface area is 154 Å². The fourth-order valence-electron chi connectivity index (χ4n) is 2.90. The van der Waals surface area contributed by atoms with Crippen LogP contribution in [0, 0.1) is 6.92 Å². The van der Waals surface area contributed by atoms with Gasteiger partial charge in [0.15, 0.2) is 0 Å². The van der Waals surface area contributed by atoms with Crippen molar-refractivity contribution in [3.05, 3.63) is 107 Å². The van der Waals surface area contributed by atoms with Crippen LogP contribution >= 0.6 is 0 Å². The van der Waals surface area contributed by atoms with Crippen LogP contribution in [0.15, 0.2) is 78.9 Å². The van der Waals surface area contributed by atoms with Crippen LogP contribution in [-0.2, 0) is 11.3 Å². The van der Waals surface area contributed by atoms with Crippen molar-refractivity contribution in [1.29, 1.82) is 0 Å². The summed E-state index contributed by atoms with van der Waals surface area (Å²) in [6, 6.07) is 25.6. The highest BCUT2D eigenvalue weighted by Gasteiger charge is 2.17. The molecule has 3 aromatic carbocycles. The summed E-state index contributed by atoms with van der Waals surface area (Å²) in [7, 11) is 1.66. The first-order chi connectivity index (χ1) is 12.7. The van der Waals surface area contributed by atoms with E-state index in [0.717, 1.165) is 16.7 Å². The molecule has 0 aliphatic carbocycles. The number of methoxy groups -OCH3 is 1. The molecular weight excluding hydrogens is 322 g/mol. The highest BCUT2D eigenvalue weighted by Crippen LogP contribution is 2.23. The Balaban J connectivity index is 1.85. The normalized spacial score (nSPS) is 11.8. The molecule has 26 heavy (non-hydrogen) atoms. The molecule has 1 amide bonds. The number of carbonyl (C=O) groups is 1. The van der Waals surface area contributed by atoms with E-state index in [0.29, 0.717) is 12.2 Å². The zero-order valence-corrected chi connectivity index (χ0v) is 15.1.